The number of carbonyl (C=O) groups excluding carboxylic acids is 1. The Bertz CT molecular complexity index is 346. The lowest BCUT2D eigenvalue weighted by molar-refractivity contribution is -0.132. The van der Waals surface area contributed by atoms with Crippen molar-refractivity contribution in [1.29, 1.82) is 0 Å². The van der Waals surface area contributed by atoms with Crippen LogP contribution in [0.5, 0.6) is 0 Å². The van der Waals surface area contributed by atoms with Crippen LogP contribution in [0.15, 0.2) is 23.7 Å². The molecule has 0 bridgehead atoms. The molecule has 0 aromatic carbocycles. The van der Waals surface area contributed by atoms with Gasteiger partial charge >= 0.3 is 0 Å². The predicted octanol–water partition coefficient (Wildman–Crippen LogP) is -0.300. The SMILES string of the molecule is CO/C(N)=C/C(=C\N)C1(OCC(N)=O)CCC1. The highest BCUT2D eigenvalue weighted by Crippen LogP contribution is 2.42. The summed E-state index contributed by atoms with van der Waals surface area (Å²) >= 11 is 0. The van der Waals surface area contributed by atoms with E-state index < -0.39 is 11.5 Å². The number of hydrogen-bond donors (Lipinski definition) is 3. The van der Waals surface area contributed by atoms with E-state index in [0.717, 1.165) is 19.3 Å². The van der Waals surface area contributed by atoms with Gasteiger partial charge in [-0.05, 0) is 19.3 Å². The number of carbonyl (C=O) groups is 1. The number of primary amides is 1. The lowest BCUT2D eigenvalue weighted by Crippen LogP contribution is -2.44. The van der Waals surface area contributed by atoms with Crippen LogP contribution in [-0.2, 0) is 14.3 Å². The molecule has 1 rings (SSSR count). The third kappa shape index (κ3) is 3.13. The first kappa shape index (κ1) is 13.4. The molecule has 6 N–H and O–H groups in total. The van der Waals surface area contributed by atoms with Crippen molar-refractivity contribution < 1.29 is 14.3 Å². The van der Waals surface area contributed by atoms with E-state index in [9.17, 15) is 4.79 Å². The quantitative estimate of drug-likeness (QED) is 0.436. The van der Waals surface area contributed by atoms with Gasteiger partial charge in [-0.15, -0.1) is 0 Å². The first-order chi connectivity index (χ1) is 8.04. The Labute approximate surface area is 100 Å². The minimum absolute atomic E-state index is 0.127. The fourth-order valence-electron chi connectivity index (χ4n) is 1.77. The van der Waals surface area contributed by atoms with Crippen LogP contribution in [0.1, 0.15) is 19.3 Å². The van der Waals surface area contributed by atoms with Crippen LogP contribution < -0.4 is 17.2 Å². The second kappa shape index (κ2) is 5.58. The molecule has 0 heterocycles. The van der Waals surface area contributed by atoms with Gasteiger partial charge in [0, 0.05) is 17.8 Å². The normalized spacial score (nSPS) is 19.6. The lowest BCUT2D eigenvalue weighted by atomic mass is 9.74. The smallest absolute Gasteiger partial charge is 0.243 e. The Morgan fingerprint density at radius 3 is 2.41 bits per heavy atom. The third-order valence-corrected chi connectivity index (χ3v) is 2.89. The Morgan fingerprint density at radius 1 is 1.41 bits per heavy atom. The van der Waals surface area contributed by atoms with E-state index in [1.165, 1.54) is 13.3 Å². The van der Waals surface area contributed by atoms with Crippen LogP contribution >= 0.6 is 0 Å². The highest BCUT2D eigenvalue weighted by atomic mass is 16.5. The molecule has 1 amide bonds. The van der Waals surface area contributed by atoms with Crippen molar-refractivity contribution in [2.75, 3.05) is 13.7 Å². The van der Waals surface area contributed by atoms with E-state index in [-0.39, 0.29) is 12.5 Å². The Kier molecular flexibility index (Phi) is 4.39. The summed E-state index contributed by atoms with van der Waals surface area (Å²) in [6.07, 6.45) is 5.62. The van der Waals surface area contributed by atoms with Crippen LogP contribution in [0.25, 0.3) is 0 Å². The number of amides is 1. The second-order valence-electron chi connectivity index (χ2n) is 3.98. The first-order valence-corrected chi connectivity index (χ1v) is 5.40. The molecule has 6 heteroatoms. The first-order valence-electron chi connectivity index (χ1n) is 5.40. The molecule has 6 nitrogen and oxygen atoms in total. The molecule has 0 unspecified atom stereocenters. The zero-order valence-electron chi connectivity index (χ0n) is 9.94. The monoisotopic (exact) mass is 241 g/mol. The summed E-state index contributed by atoms with van der Waals surface area (Å²) in [6, 6.07) is 0. The zero-order chi connectivity index (χ0) is 12.9. The maximum atomic E-state index is 10.8. The molecule has 0 spiro atoms. The van der Waals surface area contributed by atoms with E-state index >= 15 is 0 Å². The number of hydrogen-bond acceptors (Lipinski definition) is 5. The minimum Gasteiger partial charge on any atom is -0.483 e. The summed E-state index contributed by atoms with van der Waals surface area (Å²) in [4.78, 5) is 10.8. The van der Waals surface area contributed by atoms with E-state index in [1.54, 1.807) is 6.08 Å². The van der Waals surface area contributed by atoms with Gasteiger partial charge in [0.1, 0.15) is 6.61 Å². The summed E-state index contributed by atoms with van der Waals surface area (Å²) in [6.45, 7) is -0.127. The topological polar surface area (TPSA) is 114 Å². The number of rotatable bonds is 6. The van der Waals surface area contributed by atoms with Gasteiger partial charge < -0.3 is 26.7 Å². The van der Waals surface area contributed by atoms with E-state index in [2.05, 4.69) is 0 Å². The summed E-state index contributed by atoms with van der Waals surface area (Å²) in [5, 5.41) is 0. The molecule has 1 aliphatic carbocycles. The van der Waals surface area contributed by atoms with Gasteiger partial charge in [-0.25, -0.2) is 0 Å². The molecule has 1 fully saturated rings. The van der Waals surface area contributed by atoms with Crippen LogP contribution in [0, 0.1) is 0 Å². The number of methoxy groups -OCH3 is 1. The second-order valence-corrected chi connectivity index (χ2v) is 3.98. The van der Waals surface area contributed by atoms with Crippen LogP contribution in [-0.4, -0.2) is 25.2 Å². The zero-order valence-corrected chi connectivity index (χ0v) is 9.94. The third-order valence-electron chi connectivity index (χ3n) is 2.89. The Hall–Kier alpha value is -1.69. The summed E-state index contributed by atoms with van der Waals surface area (Å²) < 4.78 is 10.4. The molecule has 0 aromatic heterocycles. The molecule has 1 aliphatic rings. The van der Waals surface area contributed by atoms with Crippen molar-refractivity contribution in [3.63, 3.8) is 0 Å². The van der Waals surface area contributed by atoms with Crippen LogP contribution in [0.4, 0.5) is 0 Å². The molecule has 0 radical (unpaired) electrons. The fourth-order valence-corrected chi connectivity index (χ4v) is 1.77. The average Bonchev–Trinajstić information content (AvgIpc) is 2.25. The van der Waals surface area contributed by atoms with Crippen LogP contribution in [0.3, 0.4) is 0 Å². The molecular formula is C11H19N3O3. The molecule has 17 heavy (non-hydrogen) atoms. The predicted molar refractivity (Wildman–Crippen MR) is 63.3 cm³/mol. The van der Waals surface area contributed by atoms with Crippen molar-refractivity contribution in [2.24, 2.45) is 17.2 Å². The molecular weight excluding hydrogens is 222 g/mol. The molecule has 0 saturated heterocycles. The maximum Gasteiger partial charge on any atom is 0.243 e. The molecule has 0 aliphatic heterocycles. The van der Waals surface area contributed by atoms with Crippen molar-refractivity contribution in [2.45, 2.75) is 24.9 Å². The summed E-state index contributed by atoms with van der Waals surface area (Å²) in [5.41, 5.74) is 16.4. The van der Waals surface area contributed by atoms with E-state index in [0.29, 0.717) is 5.57 Å². The molecule has 0 aromatic rings. The fraction of sp³-hybridized carbons (Fsp3) is 0.545. The minimum atomic E-state index is -0.549. The van der Waals surface area contributed by atoms with Gasteiger partial charge in [0.05, 0.1) is 12.7 Å². The van der Waals surface area contributed by atoms with Gasteiger partial charge in [0.25, 0.3) is 0 Å². The average molecular weight is 241 g/mol. The molecule has 96 valence electrons. The molecule has 1 saturated carbocycles. The van der Waals surface area contributed by atoms with Gasteiger partial charge in [0.2, 0.25) is 5.91 Å². The van der Waals surface area contributed by atoms with Crippen LogP contribution in [0.2, 0.25) is 0 Å². The van der Waals surface area contributed by atoms with Crippen molar-refractivity contribution in [3.05, 3.63) is 23.7 Å². The van der Waals surface area contributed by atoms with Crippen molar-refractivity contribution >= 4 is 5.91 Å². The highest BCUT2D eigenvalue weighted by Gasteiger charge is 2.41. The van der Waals surface area contributed by atoms with Gasteiger partial charge in [0.15, 0.2) is 5.88 Å². The van der Waals surface area contributed by atoms with Gasteiger partial charge in [-0.1, -0.05) is 0 Å². The van der Waals surface area contributed by atoms with Crippen molar-refractivity contribution in [1.82, 2.24) is 0 Å². The summed E-state index contributed by atoms with van der Waals surface area (Å²) in [7, 11) is 1.47. The van der Waals surface area contributed by atoms with Gasteiger partial charge in [-0.2, -0.15) is 0 Å². The standard InChI is InChI=1S/C11H19N3O3/c1-16-10(14)5-8(6-12)11(3-2-4-11)17-7-9(13)15/h5-6H,2-4,7,12,14H2,1H3,(H2,13,15)/b8-6+,10-5+. The van der Waals surface area contributed by atoms with Gasteiger partial charge in [-0.3, -0.25) is 4.79 Å². The number of nitrogens with two attached hydrogens (primary N) is 3. The lowest BCUT2D eigenvalue weighted by Gasteiger charge is -2.42. The molecule has 0 atom stereocenters. The number of ether oxygens (including phenoxy) is 2. The van der Waals surface area contributed by atoms with Crippen molar-refractivity contribution in [3.8, 4) is 0 Å². The largest absolute Gasteiger partial charge is 0.483 e. The maximum absolute atomic E-state index is 10.8. The Morgan fingerprint density at radius 2 is 2.06 bits per heavy atom. The Balaban J connectivity index is 2.80. The van der Waals surface area contributed by atoms with E-state index in [1.807, 2.05) is 0 Å². The van der Waals surface area contributed by atoms with E-state index in [4.69, 9.17) is 26.7 Å². The highest BCUT2D eigenvalue weighted by molar-refractivity contribution is 5.75. The summed E-state index contributed by atoms with van der Waals surface area (Å²) in [5.74, 6) is -0.257.